The lowest BCUT2D eigenvalue weighted by atomic mass is 9.91. The summed E-state index contributed by atoms with van der Waals surface area (Å²) in [4.78, 5) is 4.15. The number of hydrogen-bond donors (Lipinski definition) is 0. The van der Waals surface area contributed by atoms with Crippen LogP contribution in [0.4, 0.5) is 0 Å². The Bertz CT molecular complexity index is 842. The van der Waals surface area contributed by atoms with Crippen molar-refractivity contribution in [2.24, 2.45) is 0 Å². The lowest BCUT2D eigenvalue weighted by Crippen LogP contribution is -2.14. The molecule has 4 rings (SSSR count). The molecule has 1 aromatic heterocycles. The van der Waals surface area contributed by atoms with Gasteiger partial charge in [0.25, 0.3) is 0 Å². The minimum Gasteiger partial charge on any atom is -0.340 e. The molecule has 0 amide bonds. The Morgan fingerprint density at radius 1 is 1.04 bits per heavy atom. The van der Waals surface area contributed by atoms with E-state index in [1.54, 1.807) is 12.5 Å². The maximum absolute atomic E-state index is 6.12. The summed E-state index contributed by atoms with van der Waals surface area (Å²) in [6.07, 6.45) is 4.87. The van der Waals surface area contributed by atoms with Crippen molar-refractivity contribution < 1.29 is 9.47 Å². The molecule has 0 saturated carbocycles. The van der Waals surface area contributed by atoms with Crippen molar-refractivity contribution in [3.63, 3.8) is 0 Å². The Hall–Kier alpha value is -2.17. The molecule has 4 nitrogen and oxygen atoms in total. The first-order chi connectivity index (χ1) is 11.6. The zero-order valence-electron chi connectivity index (χ0n) is 14.2. The van der Waals surface area contributed by atoms with Crippen LogP contribution in [0.15, 0.2) is 55.1 Å². The van der Waals surface area contributed by atoms with Gasteiger partial charge in [0.2, 0.25) is 0 Å². The van der Waals surface area contributed by atoms with Crippen molar-refractivity contribution in [2.45, 2.75) is 45.3 Å². The van der Waals surface area contributed by atoms with Gasteiger partial charge in [0, 0.05) is 12.4 Å². The van der Waals surface area contributed by atoms with Crippen molar-refractivity contribution in [1.29, 1.82) is 0 Å². The molecule has 0 spiro atoms. The fraction of sp³-hybridized carbons (Fsp3) is 0.350. The minimum absolute atomic E-state index is 0.152. The number of imidazole rings is 1. The molecule has 1 aliphatic heterocycles. The standard InChI is InChI=1S/C20H22N2O2/c1-13(2)15-8-9-18(17-7-5-4-6-16(15)17)19-20(24-14(3)23-19)22-11-10-21-12-22/h4-14,19-20H,1-3H3. The second-order valence-corrected chi connectivity index (χ2v) is 6.61. The fourth-order valence-electron chi connectivity index (χ4n) is 3.54. The van der Waals surface area contributed by atoms with Crippen LogP contribution in [-0.4, -0.2) is 15.8 Å². The molecular formula is C20H22N2O2. The number of aromatic nitrogens is 2. The monoisotopic (exact) mass is 322 g/mol. The second kappa shape index (κ2) is 6.04. The zero-order valence-corrected chi connectivity index (χ0v) is 14.2. The summed E-state index contributed by atoms with van der Waals surface area (Å²) in [6.45, 7) is 6.40. The van der Waals surface area contributed by atoms with Gasteiger partial charge < -0.3 is 14.0 Å². The Labute approximate surface area is 142 Å². The van der Waals surface area contributed by atoms with Crippen molar-refractivity contribution >= 4 is 10.8 Å². The molecule has 0 bridgehead atoms. The molecule has 0 aliphatic carbocycles. The lowest BCUT2D eigenvalue weighted by molar-refractivity contribution is -0.0608. The molecule has 2 aromatic carbocycles. The topological polar surface area (TPSA) is 36.3 Å². The summed E-state index contributed by atoms with van der Waals surface area (Å²) in [6, 6.07) is 13.0. The smallest absolute Gasteiger partial charge is 0.168 e. The molecule has 3 aromatic rings. The maximum Gasteiger partial charge on any atom is 0.168 e. The Kier molecular flexibility index (Phi) is 3.87. The Morgan fingerprint density at radius 2 is 1.83 bits per heavy atom. The van der Waals surface area contributed by atoms with Gasteiger partial charge in [0.1, 0.15) is 6.10 Å². The van der Waals surface area contributed by atoms with Crippen LogP contribution in [0.1, 0.15) is 50.1 Å². The molecule has 0 radical (unpaired) electrons. The average Bonchev–Trinajstić information content (AvgIpc) is 3.22. The number of nitrogens with zero attached hydrogens (tertiary/aromatic N) is 2. The van der Waals surface area contributed by atoms with Gasteiger partial charge in [-0.1, -0.05) is 50.2 Å². The van der Waals surface area contributed by atoms with Gasteiger partial charge in [0.05, 0.1) is 6.33 Å². The van der Waals surface area contributed by atoms with Gasteiger partial charge in [-0.3, -0.25) is 0 Å². The van der Waals surface area contributed by atoms with E-state index in [1.807, 2.05) is 17.7 Å². The molecule has 124 valence electrons. The number of ether oxygens (including phenoxy) is 2. The highest BCUT2D eigenvalue weighted by Crippen LogP contribution is 2.42. The third kappa shape index (κ3) is 2.52. The molecular weight excluding hydrogens is 300 g/mol. The highest BCUT2D eigenvalue weighted by molar-refractivity contribution is 5.89. The molecule has 1 aliphatic rings. The molecule has 3 atom stereocenters. The first-order valence-corrected chi connectivity index (χ1v) is 8.45. The molecule has 4 heteroatoms. The minimum atomic E-state index is -0.245. The summed E-state index contributed by atoms with van der Waals surface area (Å²) < 4.78 is 14.1. The van der Waals surface area contributed by atoms with Crippen LogP contribution in [0.25, 0.3) is 10.8 Å². The third-order valence-corrected chi connectivity index (χ3v) is 4.67. The summed E-state index contributed by atoms with van der Waals surface area (Å²) in [5.74, 6) is 0.480. The lowest BCUT2D eigenvalue weighted by Gasteiger charge is -2.21. The van der Waals surface area contributed by atoms with Gasteiger partial charge in [-0.25, -0.2) is 4.98 Å². The molecule has 2 heterocycles. The van der Waals surface area contributed by atoms with E-state index < -0.39 is 0 Å². The van der Waals surface area contributed by atoms with E-state index in [0.717, 1.165) is 5.56 Å². The summed E-state index contributed by atoms with van der Waals surface area (Å²) in [5.41, 5.74) is 2.53. The molecule has 24 heavy (non-hydrogen) atoms. The van der Waals surface area contributed by atoms with Gasteiger partial charge >= 0.3 is 0 Å². The van der Waals surface area contributed by atoms with Crippen LogP contribution in [0, 0.1) is 0 Å². The van der Waals surface area contributed by atoms with Crippen LogP contribution in [0.2, 0.25) is 0 Å². The largest absolute Gasteiger partial charge is 0.340 e. The Morgan fingerprint density at radius 3 is 2.54 bits per heavy atom. The summed E-state index contributed by atoms with van der Waals surface area (Å²) in [7, 11) is 0. The predicted octanol–water partition coefficient (Wildman–Crippen LogP) is 4.79. The van der Waals surface area contributed by atoms with E-state index in [2.05, 4.69) is 55.2 Å². The van der Waals surface area contributed by atoms with Gasteiger partial charge in [-0.05, 0) is 34.7 Å². The number of hydrogen-bond acceptors (Lipinski definition) is 3. The van der Waals surface area contributed by atoms with Crippen molar-refractivity contribution in [3.05, 3.63) is 66.2 Å². The van der Waals surface area contributed by atoms with Crippen LogP contribution in [0.5, 0.6) is 0 Å². The van der Waals surface area contributed by atoms with Crippen LogP contribution < -0.4 is 0 Å². The molecule has 1 fully saturated rings. The third-order valence-electron chi connectivity index (χ3n) is 4.67. The zero-order chi connectivity index (χ0) is 16.7. The van der Waals surface area contributed by atoms with Crippen LogP contribution in [-0.2, 0) is 9.47 Å². The van der Waals surface area contributed by atoms with E-state index in [1.165, 1.54) is 16.3 Å². The quantitative estimate of drug-likeness (QED) is 0.695. The van der Waals surface area contributed by atoms with E-state index >= 15 is 0 Å². The van der Waals surface area contributed by atoms with Crippen LogP contribution >= 0.6 is 0 Å². The number of rotatable bonds is 3. The predicted molar refractivity (Wildman–Crippen MR) is 93.7 cm³/mol. The molecule has 3 unspecified atom stereocenters. The normalized spacial score (nSPS) is 24.1. The number of benzene rings is 2. The SMILES string of the molecule is CC1OC(c2ccc(C(C)C)c3ccccc23)C(n2ccnc2)O1. The maximum atomic E-state index is 6.12. The fourth-order valence-corrected chi connectivity index (χ4v) is 3.54. The van der Waals surface area contributed by atoms with Gasteiger partial charge in [0.15, 0.2) is 12.5 Å². The average molecular weight is 322 g/mol. The first-order valence-electron chi connectivity index (χ1n) is 8.45. The van der Waals surface area contributed by atoms with Crippen molar-refractivity contribution in [1.82, 2.24) is 9.55 Å². The highest BCUT2D eigenvalue weighted by Gasteiger charge is 2.37. The van der Waals surface area contributed by atoms with Gasteiger partial charge in [-0.2, -0.15) is 0 Å². The highest BCUT2D eigenvalue weighted by atomic mass is 16.7. The first kappa shape index (κ1) is 15.4. The van der Waals surface area contributed by atoms with Crippen molar-refractivity contribution in [2.75, 3.05) is 0 Å². The van der Waals surface area contributed by atoms with E-state index in [0.29, 0.717) is 5.92 Å². The number of fused-ring (bicyclic) bond motifs is 1. The van der Waals surface area contributed by atoms with Gasteiger partial charge in [-0.15, -0.1) is 0 Å². The summed E-state index contributed by atoms with van der Waals surface area (Å²) >= 11 is 0. The molecule has 1 saturated heterocycles. The van der Waals surface area contributed by atoms with E-state index in [-0.39, 0.29) is 18.6 Å². The van der Waals surface area contributed by atoms with E-state index in [9.17, 15) is 0 Å². The van der Waals surface area contributed by atoms with Crippen molar-refractivity contribution in [3.8, 4) is 0 Å². The summed E-state index contributed by atoms with van der Waals surface area (Å²) in [5, 5.41) is 2.52. The molecule has 0 N–H and O–H groups in total. The van der Waals surface area contributed by atoms with E-state index in [4.69, 9.17) is 9.47 Å². The Balaban J connectivity index is 1.85. The second-order valence-electron chi connectivity index (χ2n) is 6.61. The van der Waals surface area contributed by atoms with Crippen LogP contribution in [0.3, 0.4) is 0 Å².